The van der Waals surface area contributed by atoms with Crippen molar-refractivity contribution in [3.63, 3.8) is 0 Å². The van der Waals surface area contributed by atoms with Gasteiger partial charge in [0.15, 0.2) is 0 Å². The molecule has 0 atom stereocenters. The van der Waals surface area contributed by atoms with Crippen LogP contribution in [0.3, 0.4) is 0 Å². The molecule has 0 saturated heterocycles. The van der Waals surface area contributed by atoms with Crippen LogP contribution in [0.2, 0.25) is 0 Å². The molecule has 0 bridgehead atoms. The van der Waals surface area contributed by atoms with E-state index in [9.17, 15) is 5.11 Å². The number of halogens is 1. The van der Waals surface area contributed by atoms with Crippen molar-refractivity contribution in [3.8, 4) is 5.75 Å². The zero-order valence-corrected chi connectivity index (χ0v) is 10.7. The second kappa shape index (κ2) is 3.49. The summed E-state index contributed by atoms with van der Waals surface area (Å²) >= 11 is 3.42. The molecule has 0 aliphatic heterocycles. The molecule has 0 unspecified atom stereocenters. The smallest absolute Gasteiger partial charge is 0.135 e. The lowest BCUT2D eigenvalue weighted by molar-refractivity contribution is 0.245. The molecular weight excluding hydrogens is 254 g/mol. The molecule has 0 aromatic heterocycles. The topological polar surface area (TPSA) is 46.2 Å². The highest BCUT2D eigenvalue weighted by Gasteiger charge is 2.37. The van der Waals surface area contributed by atoms with Crippen LogP contribution in [-0.4, -0.2) is 5.11 Å². The van der Waals surface area contributed by atoms with Gasteiger partial charge in [0, 0.05) is 11.1 Å². The minimum Gasteiger partial charge on any atom is -0.506 e. The Bertz CT molecular complexity index is 411. The first-order chi connectivity index (χ1) is 6.96. The predicted molar refractivity (Wildman–Crippen MR) is 65.0 cm³/mol. The highest BCUT2D eigenvalue weighted by molar-refractivity contribution is 9.10. The van der Waals surface area contributed by atoms with Crippen molar-refractivity contribution in [3.05, 3.63) is 27.2 Å². The van der Waals surface area contributed by atoms with Gasteiger partial charge in [0.2, 0.25) is 0 Å². The van der Waals surface area contributed by atoms with E-state index in [4.69, 9.17) is 5.73 Å². The van der Waals surface area contributed by atoms with Crippen molar-refractivity contribution in [1.82, 2.24) is 0 Å². The number of phenols is 1. The first kappa shape index (κ1) is 11.0. The van der Waals surface area contributed by atoms with E-state index < -0.39 is 0 Å². The molecule has 2 rings (SSSR count). The standard InChI is InChI=1S/C12H16BrNO/c1-7-6-9(12(14)4-3-5-12)11(15)10(13)8(7)2/h6,15H,3-5,14H2,1-2H3. The van der Waals surface area contributed by atoms with Gasteiger partial charge in [-0.3, -0.25) is 0 Å². The van der Waals surface area contributed by atoms with Crippen LogP contribution in [0, 0.1) is 13.8 Å². The quantitative estimate of drug-likeness (QED) is 0.823. The van der Waals surface area contributed by atoms with Crippen molar-refractivity contribution in [1.29, 1.82) is 0 Å². The van der Waals surface area contributed by atoms with Gasteiger partial charge in [-0.15, -0.1) is 0 Å². The monoisotopic (exact) mass is 269 g/mol. The number of hydrogen-bond acceptors (Lipinski definition) is 2. The van der Waals surface area contributed by atoms with Crippen molar-refractivity contribution in [2.75, 3.05) is 0 Å². The lowest BCUT2D eigenvalue weighted by atomic mass is 9.72. The third-order valence-corrected chi connectivity index (χ3v) is 4.50. The molecule has 0 spiro atoms. The highest BCUT2D eigenvalue weighted by atomic mass is 79.9. The fourth-order valence-electron chi connectivity index (χ4n) is 2.07. The van der Waals surface area contributed by atoms with Crippen LogP contribution in [0.1, 0.15) is 36.0 Å². The summed E-state index contributed by atoms with van der Waals surface area (Å²) in [7, 11) is 0. The zero-order valence-electron chi connectivity index (χ0n) is 9.10. The average Bonchev–Trinajstić information content (AvgIpc) is 2.17. The molecule has 1 aliphatic carbocycles. The van der Waals surface area contributed by atoms with Gasteiger partial charge in [0.25, 0.3) is 0 Å². The van der Waals surface area contributed by atoms with E-state index in [0.717, 1.165) is 34.9 Å². The van der Waals surface area contributed by atoms with E-state index in [-0.39, 0.29) is 5.54 Å². The fraction of sp³-hybridized carbons (Fsp3) is 0.500. The molecule has 2 nitrogen and oxygen atoms in total. The summed E-state index contributed by atoms with van der Waals surface area (Å²) in [4.78, 5) is 0. The van der Waals surface area contributed by atoms with E-state index in [2.05, 4.69) is 15.9 Å². The molecule has 15 heavy (non-hydrogen) atoms. The summed E-state index contributed by atoms with van der Waals surface area (Å²) in [6.45, 7) is 4.04. The van der Waals surface area contributed by atoms with Crippen molar-refractivity contribution < 1.29 is 5.11 Å². The Morgan fingerprint density at radius 2 is 2.00 bits per heavy atom. The molecule has 1 aliphatic rings. The predicted octanol–water partition coefficient (Wildman–Crippen LogP) is 3.11. The SMILES string of the molecule is Cc1cc(C2(N)CCC2)c(O)c(Br)c1C. The van der Waals surface area contributed by atoms with Crippen molar-refractivity contribution >= 4 is 15.9 Å². The summed E-state index contributed by atoms with van der Waals surface area (Å²) in [6.07, 6.45) is 3.09. The number of phenolic OH excluding ortho intramolecular Hbond substituents is 1. The number of rotatable bonds is 1. The molecule has 0 amide bonds. The van der Waals surface area contributed by atoms with Gasteiger partial charge >= 0.3 is 0 Å². The average molecular weight is 270 g/mol. The van der Waals surface area contributed by atoms with Crippen LogP contribution < -0.4 is 5.73 Å². The Morgan fingerprint density at radius 1 is 1.40 bits per heavy atom. The van der Waals surface area contributed by atoms with Crippen LogP contribution in [0.15, 0.2) is 10.5 Å². The van der Waals surface area contributed by atoms with Gasteiger partial charge in [0.1, 0.15) is 5.75 Å². The summed E-state index contributed by atoms with van der Waals surface area (Å²) in [5.74, 6) is 0.320. The number of nitrogens with two attached hydrogens (primary N) is 1. The lowest BCUT2D eigenvalue weighted by Crippen LogP contribution is -2.43. The van der Waals surface area contributed by atoms with E-state index in [1.54, 1.807) is 0 Å². The Kier molecular flexibility index (Phi) is 2.55. The van der Waals surface area contributed by atoms with Crippen LogP contribution in [0.4, 0.5) is 0 Å². The van der Waals surface area contributed by atoms with E-state index >= 15 is 0 Å². The maximum absolute atomic E-state index is 10.1. The van der Waals surface area contributed by atoms with Crippen LogP contribution >= 0.6 is 15.9 Å². The highest BCUT2D eigenvalue weighted by Crippen LogP contribution is 2.46. The van der Waals surface area contributed by atoms with Gasteiger partial charge in [-0.25, -0.2) is 0 Å². The zero-order chi connectivity index (χ0) is 11.2. The van der Waals surface area contributed by atoms with Gasteiger partial charge in [-0.05, 0) is 60.2 Å². The molecular formula is C12H16BrNO. The minimum absolute atomic E-state index is 0.301. The maximum Gasteiger partial charge on any atom is 0.135 e. The Hall–Kier alpha value is -0.540. The van der Waals surface area contributed by atoms with Gasteiger partial charge in [-0.2, -0.15) is 0 Å². The first-order valence-corrected chi connectivity index (χ1v) is 6.03. The molecule has 0 radical (unpaired) electrons. The second-order valence-electron chi connectivity index (χ2n) is 4.54. The van der Waals surface area contributed by atoms with Crippen molar-refractivity contribution in [2.45, 2.75) is 38.6 Å². The third kappa shape index (κ3) is 1.58. The maximum atomic E-state index is 10.1. The molecule has 1 aromatic carbocycles. The Morgan fingerprint density at radius 3 is 2.47 bits per heavy atom. The second-order valence-corrected chi connectivity index (χ2v) is 5.33. The molecule has 82 valence electrons. The third-order valence-electron chi connectivity index (χ3n) is 3.53. The van der Waals surface area contributed by atoms with Crippen LogP contribution in [0.5, 0.6) is 5.75 Å². The van der Waals surface area contributed by atoms with E-state index in [1.807, 2.05) is 19.9 Å². The number of aryl methyl sites for hydroxylation is 1. The summed E-state index contributed by atoms with van der Waals surface area (Å²) in [6, 6.07) is 2.02. The summed E-state index contributed by atoms with van der Waals surface area (Å²) < 4.78 is 0.786. The van der Waals surface area contributed by atoms with Crippen LogP contribution in [-0.2, 0) is 5.54 Å². The van der Waals surface area contributed by atoms with E-state index in [1.165, 1.54) is 5.56 Å². The van der Waals surface area contributed by atoms with Gasteiger partial charge < -0.3 is 10.8 Å². The van der Waals surface area contributed by atoms with E-state index in [0.29, 0.717) is 5.75 Å². The summed E-state index contributed by atoms with van der Waals surface area (Å²) in [5.41, 5.74) is 9.08. The number of benzene rings is 1. The largest absolute Gasteiger partial charge is 0.506 e. The van der Waals surface area contributed by atoms with Gasteiger partial charge in [-0.1, -0.05) is 6.07 Å². The fourth-order valence-corrected chi connectivity index (χ4v) is 2.59. The van der Waals surface area contributed by atoms with Crippen LogP contribution in [0.25, 0.3) is 0 Å². The lowest BCUT2D eigenvalue weighted by Gasteiger charge is -2.39. The Balaban J connectivity index is 2.58. The molecule has 1 aromatic rings. The minimum atomic E-state index is -0.301. The summed E-state index contributed by atoms with van der Waals surface area (Å²) in [5, 5.41) is 10.1. The number of aromatic hydroxyl groups is 1. The Labute approximate surface area is 98.6 Å². The molecule has 0 heterocycles. The number of hydrogen-bond donors (Lipinski definition) is 2. The normalized spacial score (nSPS) is 18.7. The van der Waals surface area contributed by atoms with Gasteiger partial charge in [0.05, 0.1) is 4.47 Å². The van der Waals surface area contributed by atoms with Crippen molar-refractivity contribution in [2.24, 2.45) is 5.73 Å². The molecule has 1 saturated carbocycles. The molecule has 1 fully saturated rings. The molecule has 3 N–H and O–H groups in total. The first-order valence-electron chi connectivity index (χ1n) is 5.24. The molecule has 3 heteroatoms.